The van der Waals surface area contributed by atoms with Crippen molar-refractivity contribution in [3.05, 3.63) is 54.1 Å². The number of hydrogen-bond donors (Lipinski definition) is 1. The molecule has 1 fully saturated rings. The van der Waals surface area contributed by atoms with Gasteiger partial charge in [0.2, 0.25) is 5.91 Å². The van der Waals surface area contributed by atoms with Crippen molar-refractivity contribution in [1.29, 1.82) is 0 Å². The molecule has 1 unspecified atom stereocenters. The predicted octanol–water partition coefficient (Wildman–Crippen LogP) is 3.68. The van der Waals surface area contributed by atoms with Crippen LogP contribution in [-0.4, -0.2) is 31.6 Å². The van der Waals surface area contributed by atoms with Gasteiger partial charge in [0.05, 0.1) is 6.54 Å². The van der Waals surface area contributed by atoms with Crippen LogP contribution >= 0.6 is 0 Å². The van der Waals surface area contributed by atoms with Crippen LogP contribution in [0.5, 0.6) is 0 Å². The Hall–Kier alpha value is -2.49. The zero-order valence-corrected chi connectivity index (χ0v) is 14.7. The van der Waals surface area contributed by atoms with E-state index in [1.807, 2.05) is 18.2 Å². The molecule has 4 nitrogen and oxygen atoms in total. The maximum absolute atomic E-state index is 12.5. The second-order valence-corrected chi connectivity index (χ2v) is 7.10. The number of nitrogens with zero attached hydrogens (tertiary/aromatic N) is 2. The smallest absolute Gasteiger partial charge is 0.243 e. The summed E-state index contributed by atoms with van der Waals surface area (Å²) in [4.78, 5) is 17.1. The van der Waals surface area contributed by atoms with Crippen LogP contribution in [0.3, 0.4) is 0 Å². The number of benzene rings is 2. The van der Waals surface area contributed by atoms with E-state index >= 15 is 0 Å². The van der Waals surface area contributed by atoms with Gasteiger partial charge in [0, 0.05) is 36.2 Å². The number of fused-ring (bicyclic) bond motifs is 1. The summed E-state index contributed by atoms with van der Waals surface area (Å²) in [5, 5.41) is 3.04. The van der Waals surface area contributed by atoms with Crippen LogP contribution in [0.2, 0.25) is 0 Å². The molecule has 0 aromatic heterocycles. The van der Waals surface area contributed by atoms with Gasteiger partial charge in [-0.25, -0.2) is 0 Å². The highest BCUT2D eigenvalue weighted by Crippen LogP contribution is 2.31. The summed E-state index contributed by atoms with van der Waals surface area (Å²) in [5.74, 6) is 0.0393. The molecular weight excluding hydrogens is 310 g/mol. The lowest BCUT2D eigenvalue weighted by molar-refractivity contribution is -0.115. The summed E-state index contributed by atoms with van der Waals surface area (Å²) in [6, 6.07) is 17.0. The van der Waals surface area contributed by atoms with E-state index < -0.39 is 0 Å². The molecule has 2 heterocycles. The van der Waals surface area contributed by atoms with Crippen molar-refractivity contribution in [3.8, 4) is 0 Å². The van der Waals surface area contributed by atoms with Crippen molar-refractivity contribution >= 4 is 23.0 Å². The molecule has 0 bridgehead atoms. The Bertz CT molecular complexity index is 750. The zero-order valence-electron chi connectivity index (χ0n) is 14.7. The van der Waals surface area contributed by atoms with Gasteiger partial charge in [-0.05, 0) is 62.1 Å². The van der Waals surface area contributed by atoms with Crippen molar-refractivity contribution < 1.29 is 4.79 Å². The lowest BCUT2D eigenvalue weighted by atomic mass is 10.1. The molecule has 0 spiro atoms. The van der Waals surface area contributed by atoms with Gasteiger partial charge >= 0.3 is 0 Å². The Kier molecular flexibility index (Phi) is 4.35. The quantitative estimate of drug-likeness (QED) is 0.926. The lowest BCUT2D eigenvalue weighted by Crippen LogP contribution is -2.37. The normalized spacial score (nSPS) is 19.2. The third-order valence-electron chi connectivity index (χ3n) is 5.28. The van der Waals surface area contributed by atoms with E-state index in [2.05, 4.69) is 52.4 Å². The average molecular weight is 335 g/mol. The van der Waals surface area contributed by atoms with Gasteiger partial charge in [0.25, 0.3) is 0 Å². The lowest BCUT2D eigenvalue weighted by Gasteiger charge is -2.24. The first kappa shape index (κ1) is 16.0. The topological polar surface area (TPSA) is 35.6 Å². The molecule has 0 radical (unpaired) electrons. The van der Waals surface area contributed by atoms with E-state index in [0.29, 0.717) is 12.6 Å². The van der Waals surface area contributed by atoms with E-state index in [1.165, 1.54) is 29.8 Å². The second kappa shape index (κ2) is 6.79. The standard InChI is InChI=1S/C21H25N3O/c1-16-14-17-6-2-3-7-20(17)24(16)15-21(25)22-18-8-10-19(11-9-18)23-12-4-5-13-23/h2-3,6-11,16H,4-5,12-15H2,1H3,(H,22,25). The van der Waals surface area contributed by atoms with E-state index in [4.69, 9.17) is 0 Å². The summed E-state index contributed by atoms with van der Waals surface area (Å²) >= 11 is 0. The summed E-state index contributed by atoms with van der Waals surface area (Å²) in [6.45, 7) is 4.85. The van der Waals surface area contributed by atoms with Gasteiger partial charge < -0.3 is 15.1 Å². The van der Waals surface area contributed by atoms with Crippen LogP contribution in [0.25, 0.3) is 0 Å². The molecular formula is C21H25N3O. The number of hydrogen-bond acceptors (Lipinski definition) is 3. The first-order valence-electron chi connectivity index (χ1n) is 9.20. The molecule has 130 valence electrons. The van der Waals surface area contributed by atoms with Gasteiger partial charge in [-0.2, -0.15) is 0 Å². The van der Waals surface area contributed by atoms with E-state index in [1.54, 1.807) is 0 Å². The molecule has 4 rings (SSSR count). The van der Waals surface area contributed by atoms with Crippen molar-refractivity contribution in [3.63, 3.8) is 0 Å². The molecule has 0 aliphatic carbocycles. The minimum Gasteiger partial charge on any atom is -0.372 e. The van der Waals surface area contributed by atoms with Crippen LogP contribution in [0.1, 0.15) is 25.3 Å². The average Bonchev–Trinajstić information content (AvgIpc) is 3.25. The number of nitrogens with one attached hydrogen (secondary N) is 1. The third kappa shape index (κ3) is 3.34. The highest BCUT2D eigenvalue weighted by Gasteiger charge is 2.27. The minimum atomic E-state index is 0.0393. The maximum atomic E-state index is 12.5. The van der Waals surface area contributed by atoms with Crippen molar-refractivity contribution in [1.82, 2.24) is 0 Å². The molecule has 0 saturated carbocycles. The highest BCUT2D eigenvalue weighted by atomic mass is 16.2. The number of anilines is 3. The first-order chi connectivity index (χ1) is 12.2. The van der Waals surface area contributed by atoms with Gasteiger partial charge in [0.15, 0.2) is 0 Å². The molecule has 1 N–H and O–H groups in total. The monoisotopic (exact) mass is 335 g/mol. The Morgan fingerprint density at radius 3 is 2.56 bits per heavy atom. The van der Waals surface area contributed by atoms with Crippen LogP contribution in [0.15, 0.2) is 48.5 Å². The van der Waals surface area contributed by atoms with Crippen LogP contribution in [0.4, 0.5) is 17.1 Å². The van der Waals surface area contributed by atoms with Crippen molar-refractivity contribution in [2.75, 3.05) is 34.8 Å². The third-order valence-corrected chi connectivity index (χ3v) is 5.28. The van der Waals surface area contributed by atoms with Crippen molar-refractivity contribution in [2.45, 2.75) is 32.2 Å². The summed E-state index contributed by atoms with van der Waals surface area (Å²) in [6.07, 6.45) is 3.55. The van der Waals surface area contributed by atoms with Gasteiger partial charge in [-0.1, -0.05) is 18.2 Å². The van der Waals surface area contributed by atoms with Crippen molar-refractivity contribution in [2.24, 2.45) is 0 Å². The summed E-state index contributed by atoms with van der Waals surface area (Å²) in [5.41, 5.74) is 4.64. The Labute approximate surface area is 149 Å². The number of carbonyl (C=O) groups is 1. The van der Waals surface area contributed by atoms with Gasteiger partial charge in [0.1, 0.15) is 0 Å². The first-order valence-corrected chi connectivity index (χ1v) is 9.20. The second-order valence-electron chi connectivity index (χ2n) is 7.10. The minimum absolute atomic E-state index is 0.0393. The van der Waals surface area contributed by atoms with E-state index in [0.717, 1.165) is 25.2 Å². The molecule has 1 atom stereocenters. The number of para-hydroxylation sites is 1. The predicted molar refractivity (Wildman–Crippen MR) is 103 cm³/mol. The molecule has 4 heteroatoms. The fourth-order valence-electron chi connectivity index (χ4n) is 3.96. The Balaban J connectivity index is 1.39. The molecule has 1 amide bonds. The fourth-order valence-corrected chi connectivity index (χ4v) is 3.96. The maximum Gasteiger partial charge on any atom is 0.243 e. The number of amides is 1. The summed E-state index contributed by atoms with van der Waals surface area (Å²) in [7, 11) is 0. The van der Waals surface area contributed by atoms with Crippen LogP contribution < -0.4 is 15.1 Å². The van der Waals surface area contributed by atoms with Crippen LogP contribution in [0, 0.1) is 0 Å². The van der Waals surface area contributed by atoms with E-state index in [9.17, 15) is 4.79 Å². The molecule has 2 aliphatic heterocycles. The largest absolute Gasteiger partial charge is 0.372 e. The van der Waals surface area contributed by atoms with Gasteiger partial charge in [-0.15, -0.1) is 0 Å². The molecule has 2 aliphatic rings. The molecule has 25 heavy (non-hydrogen) atoms. The number of carbonyl (C=O) groups excluding carboxylic acids is 1. The van der Waals surface area contributed by atoms with E-state index in [-0.39, 0.29) is 5.91 Å². The SMILES string of the molecule is CC1Cc2ccccc2N1CC(=O)Nc1ccc(N2CCCC2)cc1. The highest BCUT2D eigenvalue weighted by molar-refractivity contribution is 5.94. The van der Waals surface area contributed by atoms with Gasteiger partial charge in [-0.3, -0.25) is 4.79 Å². The van der Waals surface area contributed by atoms with Crippen LogP contribution in [-0.2, 0) is 11.2 Å². The zero-order chi connectivity index (χ0) is 17.2. The fraction of sp³-hybridized carbons (Fsp3) is 0.381. The molecule has 2 aromatic carbocycles. The summed E-state index contributed by atoms with van der Waals surface area (Å²) < 4.78 is 0. The Morgan fingerprint density at radius 1 is 1.08 bits per heavy atom. The Morgan fingerprint density at radius 2 is 1.80 bits per heavy atom. The molecule has 1 saturated heterocycles. The molecule has 2 aromatic rings. The number of rotatable bonds is 4.